The van der Waals surface area contributed by atoms with Gasteiger partial charge in [-0.25, -0.2) is 13.2 Å². The SMILES string of the molecule is CCOC(=O)C(NS(=O)(=O)c1ccc(C(C)(C)C)cc1)c1ccccc1. The maximum atomic E-state index is 12.8. The van der Waals surface area contributed by atoms with Crippen molar-refractivity contribution in [2.45, 2.75) is 44.0 Å². The van der Waals surface area contributed by atoms with Gasteiger partial charge in [0, 0.05) is 0 Å². The number of esters is 1. The molecule has 0 aromatic heterocycles. The number of rotatable bonds is 6. The number of hydrogen-bond acceptors (Lipinski definition) is 4. The summed E-state index contributed by atoms with van der Waals surface area (Å²) >= 11 is 0. The highest BCUT2D eigenvalue weighted by atomic mass is 32.2. The van der Waals surface area contributed by atoms with Crippen molar-refractivity contribution in [2.75, 3.05) is 6.61 Å². The lowest BCUT2D eigenvalue weighted by atomic mass is 9.87. The van der Waals surface area contributed by atoms with Crippen molar-refractivity contribution in [3.05, 3.63) is 65.7 Å². The highest BCUT2D eigenvalue weighted by Crippen LogP contribution is 2.24. The summed E-state index contributed by atoms with van der Waals surface area (Å²) in [6.45, 7) is 8.02. The lowest BCUT2D eigenvalue weighted by Gasteiger charge is -2.20. The van der Waals surface area contributed by atoms with Gasteiger partial charge in [-0.1, -0.05) is 63.2 Å². The standard InChI is InChI=1S/C20H25NO4S/c1-5-25-19(22)18(15-9-7-6-8-10-15)21-26(23,24)17-13-11-16(12-14-17)20(2,3)4/h6-14,18,21H,5H2,1-4H3. The predicted molar refractivity (Wildman–Crippen MR) is 101 cm³/mol. The third kappa shape index (κ3) is 4.93. The van der Waals surface area contributed by atoms with Crippen molar-refractivity contribution < 1.29 is 17.9 Å². The van der Waals surface area contributed by atoms with Crippen LogP contribution >= 0.6 is 0 Å². The smallest absolute Gasteiger partial charge is 0.328 e. The van der Waals surface area contributed by atoms with Crippen LogP contribution in [-0.2, 0) is 25.0 Å². The molecule has 0 bridgehead atoms. The van der Waals surface area contributed by atoms with Crippen LogP contribution in [0.4, 0.5) is 0 Å². The van der Waals surface area contributed by atoms with E-state index in [0.29, 0.717) is 5.56 Å². The first kappa shape index (κ1) is 20.1. The van der Waals surface area contributed by atoms with Crippen molar-refractivity contribution in [3.63, 3.8) is 0 Å². The molecule has 6 heteroatoms. The van der Waals surface area contributed by atoms with Crippen LogP contribution in [0.25, 0.3) is 0 Å². The van der Waals surface area contributed by atoms with Gasteiger partial charge in [0.1, 0.15) is 6.04 Å². The van der Waals surface area contributed by atoms with Crippen LogP contribution in [0.2, 0.25) is 0 Å². The number of benzene rings is 2. The lowest BCUT2D eigenvalue weighted by Crippen LogP contribution is -2.35. The van der Waals surface area contributed by atoms with E-state index in [-0.39, 0.29) is 16.9 Å². The van der Waals surface area contributed by atoms with Crippen LogP contribution in [0.5, 0.6) is 0 Å². The zero-order valence-corrected chi connectivity index (χ0v) is 16.3. The Balaban J connectivity index is 2.33. The first-order valence-electron chi connectivity index (χ1n) is 8.49. The molecular weight excluding hydrogens is 350 g/mol. The van der Waals surface area contributed by atoms with Gasteiger partial charge in [0.25, 0.3) is 0 Å². The van der Waals surface area contributed by atoms with Gasteiger partial charge in [-0.05, 0) is 35.6 Å². The van der Waals surface area contributed by atoms with Gasteiger partial charge in [-0.3, -0.25) is 0 Å². The van der Waals surface area contributed by atoms with Crippen LogP contribution in [-0.4, -0.2) is 21.0 Å². The average Bonchev–Trinajstić information content (AvgIpc) is 2.60. The molecule has 2 rings (SSSR count). The number of nitrogens with one attached hydrogen (secondary N) is 1. The molecule has 1 unspecified atom stereocenters. The molecule has 140 valence electrons. The summed E-state index contributed by atoms with van der Waals surface area (Å²) < 4.78 is 33.0. The minimum Gasteiger partial charge on any atom is -0.465 e. The summed E-state index contributed by atoms with van der Waals surface area (Å²) in [5.41, 5.74) is 1.48. The fourth-order valence-corrected chi connectivity index (χ4v) is 3.65. The Morgan fingerprint density at radius 3 is 2.12 bits per heavy atom. The van der Waals surface area contributed by atoms with Gasteiger partial charge in [-0.15, -0.1) is 0 Å². The minimum atomic E-state index is -3.88. The molecule has 1 N–H and O–H groups in total. The third-order valence-corrected chi connectivity index (χ3v) is 5.40. The van der Waals surface area contributed by atoms with Gasteiger partial charge in [-0.2, -0.15) is 4.72 Å². The van der Waals surface area contributed by atoms with E-state index < -0.39 is 22.0 Å². The summed E-state index contributed by atoms with van der Waals surface area (Å²) in [4.78, 5) is 12.4. The molecule has 26 heavy (non-hydrogen) atoms. The van der Waals surface area contributed by atoms with E-state index in [0.717, 1.165) is 5.56 Å². The van der Waals surface area contributed by atoms with E-state index in [1.54, 1.807) is 61.5 Å². The number of sulfonamides is 1. The molecule has 0 saturated carbocycles. The second-order valence-electron chi connectivity index (χ2n) is 6.99. The largest absolute Gasteiger partial charge is 0.465 e. The number of carbonyl (C=O) groups excluding carboxylic acids is 1. The van der Waals surface area contributed by atoms with Gasteiger partial charge in [0.05, 0.1) is 11.5 Å². The first-order valence-corrected chi connectivity index (χ1v) is 9.98. The highest BCUT2D eigenvalue weighted by Gasteiger charge is 2.28. The zero-order chi connectivity index (χ0) is 19.4. The summed E-state index contributed by atoms with van der Waals surface area (Å²) in [5, 5.41) is 0. The minimum absolute atomic E-state index is 0.0762. The van der Waals surface area contributed by atoms with Crippen LogP contribution in [0, 0.1) is 0 Å². The van der Waals surface area contributed by atoms with Gasteiger partial charge in [0.15, 0.2) is 0 Å². The second kappa shape index (κ2) is 8.01. The predicted octanol–water partition coefficient (Wildman–Crippen LogP) is 3.57. The molecule has 2 aromatic carbocycles. The molecule has 0 aliphatic rings. The fraction of sp³-hybridized carbons (Fsp3) is 0.350. The number of carbonyl (C=O) groups is 1. The number of ether oxygens (including phenoxy) is 1. The van der Waals surface area contributed by atoms with Crippen LogP contribution in [0.1, 0.15) is 44.9 Å². The molecule has 0 saturated heterocycles. The molecule has 0 fully saturated rings. The Bertz CT molecular complexity index is 838. The number of hydrogen-bond donors (Lipinski definition) is 1. The third-order valence-electron chi connectivity index (χ3n) is 3.96. The summed E-state index contributed by atoms with van der Waals surface area (Å²) in [6, 6.07) is 14.2. The van der Waals surface area contributed by atoms with Crippen molar-refractivity contribution in [2.24, 2.45) is 0 Å². The molecular formula is C20H25NO4S. The van der Waals surface area contributed by atoms with E-state index in [4.69, 9.17) is 4.74 Å². The summed E-state index contributed by atoms with van der Waals surface area (Å²) in [7, 11) is -3.88. The van der Waals surface area contributed by atoms with E-state index in [2.05, 4.69) is 25.5 Å². The molecule has 0 radical (unpaired) electrons. The molecule has 0 spiro atoms. The van der Waals surface area contributed by atoms with E-state index in [9.17, 15) is 13.2 Å². The Morgan fingerprint density at radius 2 is 1.62 bits per heavy atom. The van der Waals surface area contributed by atoms with Crippen LogP contribution in [0.3, 0.4) is 0 Å². The Kier molecular flexibility index (Phi) is 6.21. The normalized spacial score (nSPS) is 13.2. The average molecular weight is 375 g/mol. The van der Waals surface area contributed by atoms with E-state index in [1.807, 2.05) is 0 Å². The molecule has 2 aromatic rings. The quantitative estimate of drug-likeness (QED) is 0.784. The lowest BCUT2D eigenvalue weighted by molar-refractivity contribution is -0.145. The van der Waals surface area contributed by atoms with Crippen LogP contribution < -0.4 is 4.72 Å². The topological polar surface area (TPSA) is 72.5 Å². The van der Waals surface area contributed by atoms with Crippen molar-refractivity contribution in [3.8, 4) is 0 Å². The molecule has 1 atom stereocenters. The first-order chi connectivity index (χ1) is 12.1. The van der Waals surface area contributed by atoms with Crippen molar-refractivity contribution in [1.29, 1.82) is 0 Å². The Morgan fingerprint density at radius 1 is 1.04 bits per heavy atom. The van der Waals surface area contributed by atoms with E-state index in [1.165, 1.54) is 0 Å². The molecule has 0 amide bonds. The Labute approximate surface area is 155 Å². The van der Waals surface area contributed by atoms with Crippen molar-refractivity contribution in [1.82, 2.24) is 4.72 Å². The highest BCUT2D eigenvalue weighted by molar-refractivity contribution is 7.89. The van der Waals surface area contributed by atoms with Gasteiger partial charge < -0.3 is 4.74 Å². The van der Waals surface area contributed by atoms with Gasteiger partial charge in [0.2, 0.25) is 10.0 Å². The monoisotopic (exact) mass is 375 g/mol. The fourth-order valence-electron chi connectivity index (χ4n) is 2.48. The maximum absolute atomic E-state index is 12.8. The summed E-state index contributed by atoms with van der Waals surface area (Å²) in [6.07, 6.45) is 0. The maximum Gasteiger partial charge on any atom is 0.328 e. The summed E-state index contributed by atoms with van der Waals surface area (Å²) in [5.74, 6) is -0.631. The zero-order valence-electron chi connectivity index (χ0n) is 15.5. The van der Waals surface area contributed by atoms with E-state index >= 15 is 0 Å². The molecule has 0 heterocycles. The Hall–Kier alpha value is -2.18. The molecule has 0 aliphatic heterocycles. The molecule has 5 nitrogen and oxygen atoms in total. The molecule has 0 aliphatic carbocycles. The second-order valence-corrected chi connectivity index (χ2v) is 8.71. The van der Waals surface area contributed by atoms with Gasteiger partial charge >= 0.3 is 5.97 Å². The van der Waals surface area contributed by atoms with Crippen molar-refractivity contribution >= 4 is 16.0 Å². The van der Waals surface area contributed by atoms with Crippen LogP contribution in [0.15, 0.2) is 59.5 Å².